The van der Waals surface area contributed by atoms with Crippen molar-refractivity contribution in [1.82, 2.24) is 0 Å². The summed E-state index contributed by atoms with van der Waals surface area (Å²) in [4.78, 5) is 11.3. The van der Waals surface area contributed by atoms with Crippen LogP contribution in [0.5, 0.6) is 17.2 Å². The highest BCUT2D eigenvalue weighted by Gasteiger charge is 2.22. The number of methoxy groups -OCH3 is 2. The van der Waals surface area contributed by atoms with Gasteiger partial charge in [-0.1, -0.05) is 0 Å². The lowest BCUT2D eigenvalue weighted by molar-refractivity contribution is 0.0600. The lowest BCUT2D eigenvalue weighted by atomic mass is 10.2. The quantitative estimate of drug-likeness (QED) is 0.570. The number of rotatable bonds is 2. The van der Waals surface area contributed by atoms with Crippen LogP contribution in [0, 0.1) is 0 Å². The van der Waals surface area contributed by atoms with Gasteiger partial charge in [0.1, 0.15) is 0 Å². The second kappa shape index (κ2) is 3.95. The highest BCUT2D eigenvalue weighted by molar-refractivity contribution is 7.27. The largest absolute Gasteiger partial charge is 0.493 e. The van der Waals surface area contributed by atoms with Crippen LogP contribution in [-0.4, -0.2) is 20.2 Å². The van der Waals surface area contributed by atoms with Gasteiger partial charge in [0.05, 0.1) is 19.8 Å². The van der Waals surface area contributed by atoms with Crippen LogP contribution in [0.3, 0.4) is 0 Å². The van der Waals surface area contributed by atoms with Crippen molar-refractivity contribution in [3.05, 3.63) is 17.7 Å². The van der Waals surface area contributed by atoms with Gasteiger partial charge in [0.15, 0.2) is 11.5 Å². The minimum Gasteiger partial charge on any atom is -0.493 e. The van der Waals surface area contributed by atoms with Crippen LogP contribution in [0.25, 0.3) is 0 Å². The van der Waals surface area contributed by atoms with Crippen LogP contribution in [0.1, 0.15) is 10.4 Å². The van der Waals surface area contributed by atoms with Crippen molar-refractivity contribution in [2.75, 3.05) is 14.2 Å². The fraction of sp³-hybridized carbons (Fsp3) is 0.222. The number of hydrogen-bond donors (Lipinski definition) is 0. The van der Waals surface area contributed by atoms with E-state index in [2.05, 4.69) is 4.74 Å². The molecule has 0 N–H and O–H groups in total. The molecule has 0 aliphatic carbocycles. The van der Waals surface area contributed by atoms with E-state index in [0.29, 0.717) is 22.8 Å². The van der Waals surface area contributed by atoms with Crippen molar-refractivity contribution in [1.29, 1.82) is 0 Å². The highest BCUT2D eigenvalue weighted by Crippen LogP contribution is 2.48. The molecule has 0 radical (unpaired) electrons. The molecule has 1 aromatic carbocycles. The molecule has 80 valence electrons. The Kier molecular flexibility index (Phi) is 2.64. The van der Waals surface area contributed by atoms with Gasteiger partial charge in [-0.2, -0.15) is 0 Å². The Labute approximate surface area is 88.2 Å². The molecular formula is C9H9O5P. The lowest BCUT2D eigenvalue weighted by Gasteiger charge is -2.06. The molecule has 5 nitrogen and oxygen atoms in total. The van der Waals surface area contributed by atoms with Crippen molar-refractivity contribution < 1.29 is 23.3 Å². The van der Waals surface area contributed by atoms with Crippen LogP contribution >= 0.6 is 9.03 Å². The summed E-state index contributed by atoms with van der Waals surface area (Å²) in [5, 5.41) is 0. The Hall–Kier alpha value is -1.48. The van der Waals surface area contributed by atoms with E-state index in [1.54, 1.807) is 12.1 Å². The van der Waals surface area contributed by atoms with Crippen molar-refractivity contribution in [3.8, 4) is 17.2 Å². The van der Waals surface area contributed by atoms with Crippen LogP contribution in [0.15, 0.2) is 12.1 Å². The van der Waals surface area contributed by atoms with E-state index in [1.807, 2.05) is 0 Å². The predicted octanol–water partition coefficient (Wildman–Crippen LogP) is 1.76. The third kappa shape index (κ3) is 1.70. The maximum Gasteiger partial charge on any atom is 0.338 e. The van der Waals surface area contributed by atoms with Crippen LogP contribution in [-0.2, 0) is 4.74 Å². The van der Waals surface area contributed by atoms with Crippen LogP contribution < -0.4 is 13.8 Å². The summed E-state index contributed by atoms with van der Waals surface area (Å²) in [6.45, 7) is 0. The summed E-state index contributed by atoms with van der Waals surface area (Å²) >= 11 is 0. The van der Waals surface area contributed by atoms with E-state index in [-0.39, 0.29) is 9.03 Å². The third-order valence-electron chi connectivity index (χ3n) is 1.96. The molecule has 1 aliphatic heterocycles. The number of benzene rings is 1. The number of carbonyl (C=O) groups is 1. The lowest BCUT2D eigenvalue weighted by Crippen LogP contribution is -2.01. The van der Waals surface area contributed by atoms with Gasteiger partial charge in [0.2, 0.25) is 5.75 Å². The van der Waals surface area contributed by atoms with Gasteiger partial charge in [0.25, 0.3) is 9.03 Å². The molecule has 6 heteroatoms. The van der Waals surface area contributed by atoms with Crippen molar-refractivity contribution in [2.45, 2.75) is 0 Å². The summed E-state index contributed by atoms with van der Waals surface area (Å²) in [6, 6.07) is 3.13. The van der Waals surface area contributed by atoms with E-state index in [0.717, 1.165) is 0 Å². The summed E-state index contributed by atoms with van der Waals surface area (Å²) in [5.41, 5.74) is 0.378. The molecule has 15 heavy (non-hydrogen) atoms. The second-order valence-corrected chi connectivity index (χ2v) is 3.36. The molecule has 0 amide bonds. The van der Waals surface area contributed by atoms with Gasteiger partial charge in [-0.25, -0.2) is 4.79 Å². The molecule has 0 aromatic heterocycles. The minimum absolute atomic E-state index is 0.0958. The van der Waals surface area contributed by atoms with Crippen molar-refractivity contribution >= 4 is 15.0 Å². The normalized spacial score (nSPS) is 14.0. The Bertz CT molecular complexity index is 404. The van der Waals surface area contributed by atoms with Crippen LogP contribution in [0.4, 0.5) is 0 Å². The molecule has 1 atom stereocenters. The molecule has 1 unspecified atom stereocenters. The van der Waals surface area contributed by atoms with E-state index >= 15 is 0 Å². The summed E-state index contributed by atoms with van der Waals surface area (Å²) in [6.07, 6.45) is 0. The summed E-state index contributed by atoms with van der Waals surface area (Å²) in [5.74, 6) is 1.07. The standard InChI is InChI=1S/C9H9O5P/c1-11-6-3-5(9(10)12-2)4-7-8(6)14-15-13-7/h3-4,15H,1-2H3. The zero-order valence-electron chi connectivity index (χ0n) is 8.20. The summed E-state index contributed by atoms with van der Waals surface area (Å²) in [7, 11) is 2.73. The zero-order chi connectivity index (χ0) is 10.8. The van der Waals surface area contributed by atoms with Gasteiger partial charge < -0.3 is 18.5 Å². The monoisotopic (exact) mass is 228 g/mol. The molecule has 1 heterocycles. The molecule has 1 aromatic rings. The smallest absolute Gasteiger partial charge is 0.338 e. The number of ether oxygens (including phenoxy) is 2. The van der Waals surface area contributed by atoms with Gasteiger partial charge in [-0.15, -0.1) is 0 Å². The predicted molar refractivity (Wildman–Crippen MR) is 53.9 cm³/mol. The van der Waals surface area contributed by atoms with Gasteiger partial charge in [-0.3, -0.25) is 0 Å². The number of hydrogen-bond acceptors (Lipinski definition) is 5. The molecule has 0 saturated heterocycles. The molecule has 1 aliphatic rings. The molecule has 2 rings (SSSR count). The Morgan fingerprint density at radius 3 is 2.80 bits per heavy atom. The molecular weight excluding hydrogens is 219 g/mol. The Morgan fingerprint density at radius 1 is 1.33 bits per heavy atom. The van der Waals surface area contributed by atoms with Gasteiger partial charge >= 0.3 is 5.97 Å². The van der Waals surface area contributed by atoms with Gasteiger partial charge in [-0.05, 0) is 12.1 Å². The average molecular weight is 228 g/mol. The Morgan fingerprint density at radius 2 is 2.13 bits per heavy atom. The first kappa shape index (κ1) is 10.1. The molecule has 0 bridgehead atoms. The molecule has 0 fully saturated rings. The first-order valence-corrected chi connectivity index (χ1v) is 4.97. The fourth-order valence-corrected chi connectivity index (χ4v) is 1.82. The van der Waals surface area contributed by atoms with E-state index in [9.17, 15) is 4.79 Å². The first-order chi connectivity index (χ1) is 7.26. The van der Waals surface area contributed by atoms with E-state index in [4.69, 9.17) is 13.8 Å². The van der Waals surface area contributed by atoms with Crippen LogP contribution in [0.2, 0.25) is 0 Å². The topological polar surface area (TPSA) is 54.0 Å². The SMILES string of the molecule is COC(=O)c1cc(OC)c2c(c1)OPO2. The maximum atomic E-state index is 11.3. The minimum atomic E-state index is -0.435. The average Bonchev–Trinajstić information content (AvgIpc) is 2.74. The van der Waals surface area contributed by atoms with E-state index in [1.165, 1.54) is 14.2 Å². The fourth-order valence-electron chi connectivity index (χ4n) is 1.25. The number of carbonyl (C=O) groups excluding carboxylic acids is 1. The number of esters is 1. The third-order valence-corrected chi connectivity index (χ3v) is 2.55. The molecule has 0 saturated carbocycles. The summed E-state index contributed by atoms with van der Waals surface area (Å²) < 4.78 is 20.1. The van der Waals surface area contributed by atoms with Gasteiger partial charge in [0, 0.05) is 0 Å². The zero-order valence-corrected chi connectivity index (χ0v) is 9.20. The Balaban J connectivity index is 2.48. The maximum absolute atomic E-state index is 11.3. The highest BCUT2D eigenvalue weighted by atomic mass is 31.1. The first-order valence-electron chi connectivity index (χ1n) is 4.15. The second-order valence-electron chi connectivity index (χ2n) is 2.78. The van der Waals surface area contributed by atoms with Crippen molar-refractivity contribution in [3.63, 3.8) is 0 Å². The molecule has 0 spiro atoms. The van der Waals surface area contributed by atoms with E-state index < -0.39 is 5.97 Å². The number of fused-ring (bicyclic) bond motifs is 1. The van der Waals surface area contributed by atoms with Crippen molar-refractivity contribution in [2.24, 2.45) is 0 Å².